The SMILES string of the molecule is O=C(NCC1CNCC1O)c1csc(-c2ccccc2)n1. The topological polar surface area (TPSA) is 74.2 Å². The molecule has 0 spiro atoms. The minimum absolute atomic E-state index is 0.0705. The molecule has 3 N–H and O–H groups in total. The Morgan fingerprint density at radius 3 is 2.90 bits per heavy atom. The summed E-state index contributed by atoms with van der Waals surface area (Å²) in [6.45, 7) is 1.79. The molecule has 1 aliphatic heterocycles. The largest absolute Gasteiger partial charge is 0.391 e. The van der Waals surface area contributed by atoms with Crippen molar-refractivity contribution in [2.45, 2.75) is 6.10 Å². The molecule has 0 saturated carbocycles. The minimum Gasteiger partial charge on any atom is -0.391 e. The number of nitrogens with zero attached hydrogens (tertiary/aromatic N) is 1. The van der Waals surface area contributed by atoms with Crippen LogP contribution in [0.25, 0.3) is 10.6 Å². The van der Waals surface area contributed by atoms with Crippen molar-refractivity contribution >= 4 is 17.2 Å². The number of aliphatic hydroxyl groups is 1. The molecule has 2 unspecified atom stereocenters. The van der Waals surface area contributed by atoms with Gasteiger partial charge in [0.25, 0.3) is 5.91 Å². The predicted molar refractivity (Wildman–Crippen MR) is 82.2 cm³/mol. The molecule has 6 heteroatoms. The van der Waals surface area contributed by atoms with Gasteiger partial charge < -0.3 is 15.7 Å². The highest BCUT2D eigenvalue weighted by atomic mass is 32.1. The Hall–Kier alpha value is -1.76. The van der Waals surface area contributed by atoms with Crippen molar-refractivity contribution in [2.24, 2.45) is 5.92 Å². The fourth-order valence-corrected chi connectivity index (χ4v) is 3.14. The molecule has 1 amide bonds. The molecule has 2 heterocycles. The van der Waals surface area contributed by atoms with Crippen LogP contribution >= 0.6 is 11.3 Å². The molecule has 5 nitrogen and oxygen atoms in total. The zero-order valence-corrected chi connectivity index (χ0v) is 12.3. The summed E-state index contributed by atoms with van der Waals surface area (Å²) in [5.74, 6) is -0.117. The maximum Gasteiger partial charge on any atom is 0.270 e. The van der Waals surface area contributed by atoms with E-state index in [-0.39, 0.29) is 17.9 Å². The Labute approximate surface area is 127 Å². The first-order chi connectivity index (χ1) is 10.2. The predicted octanol–water partition coefficient (Wildman–Crippen LogP) is 1.12. The Bertz CT molecular complexity index is 614. The van der Waals surface area contributed by atoms with Gasteiger partial charge >= 0.3 is 0 Å². The molecule has 1 aromatic heterocycles. The third-order valence-corrected chi connectivity index (χ3v) is 4.48. The van der Waals surface area contributed by atoms with Crippen LogP contribution in [0.15, 0.2) is 35.7 Å². The fraction of sp³-hybridized carbons (Fsp3) is 0.333. The van der Waals surface area contributed by atoms with Crippen LogP contribution in [-0.4, -0.2) is 41.7 Å². The average molecular weight is 303 g/mol. The summed E-state index contributed by atoms with van der Waals surface area (Å²) < 4.78 is 0. The first kappa shape index (κ1) is 14.2. The Morgan fingerprint density at radius 1 is 1.38 bits per heavy atom. The van der Waals surface area contributed by atoms with Crippen molar-refractivity contribution in [1.82, 2.24) is 15.6 Å². The van der Waals surface area contributed by atoms with Crippen molar-refractivity contribution in [3.8, 4) is 10.6 Å². The molecule has 0 radical (unpaired) electrons. The Kier molecular flexibility index (Phi) is 4.28. The number of aromatic nitrogens is 1. The molecule has 1 saturated heterocycles. The highest BCUT2D eigenvalue weighted by Crippen LogP contribution is 2.23. The second kappa shape index (κ2) is 6.34. The lowest BCUT2D eigenvalue weighted by atomic mass is 10.1. The van der Waals surface area contributed by atoms with Crippen molar-refractivity contribution in [2.75, 3.05) is 19.6 Å². The summed E-state index contributed by atoms with van der Waals surface area (Å²) in [4.78, 5) is 16.5. The van der Waals surface area contributed by atoms with E-state index in [0.29, 0.717) is 18.8 Å². The standard InChI is InChI=1S/C15H17N3O2S/c19-13-8-16-6-11(13)7-17-14(20)12-9-21-15(18-12)10-4-2-1-3-5-10/h1-5,9,11,13,16,19H,6-8H2,(H,17,20). The van der Waals surface area contributed by atoms with Crippen LogP contribution < -0.4 is 10.6 Å². The molecule has 2 aromatic rings. The molecule has 21 heavy (non-hydrogen) atoms. The number of nitrogens with one attached hydrogen (secondary N) is 2. The summed E-state index contributed by atoms with van der Waals surface area (Å²) in [5, 5.41) is 18.2. The quantitative estimate of drug-likeness (QED) is 0.791. The maximum atomic E-state index is 12.1. The summed E-state index contributed by atoms with van der Waals surface area (Å²) in [7, 11) is 0. The van der Waals surface area contributed by atoms with Gasteiger partial charge in [-0.3, -0.25) is 4.79 Å². The van der Waals surface area contributed by atoms with Crippen LogP contribution in [0, 0.1) is 5.92 Å². The number of hydrogen-bond donors (Lipinski definition) is 3. The zero-order valence-electron chi connectivity index (χ0n) is 11.5. The van der Waals surface area contributed by atoms with Crippen LogP contribution in [0.3, 0.4) is 0 Å². The molecule has 3 rings (SSSR count). The van der Waals surface area contributed by atoms with E-state index in [1.807, 2.05) is 30.3 Å². The third-order valence-electron chi connectivity index (χ3n) is 3.59. The van der Waals surface area contributed by atoms with E-state index >= 15 is 0 Å². The van der Waals surface area contributed by atoms with Gasteiger partial charge in [-0.05, 0) is 0 Å². The summed E-state index contributed by atoms with van der Waals surface area (Å²) >= 11 is 1.46. The monoisotopic (exact) mass is 303 g/mol. The number of rotatable bonds is 4. The maximum absolute atomic E-state index is 12.1. The van der Waals surface area contributed by atoms with Crippen LogP contribution in [0.4, 0.5) is 0 Å². The van der Waals surface area contributed by atoms with Crippen molar-refractivity contribution in [1.29, 1.82) is 0 Å². The van der Waals surface area contributed by atoms with Crippen LogP contribution in [0.1, 0.15) is 10.5 Å². The molecule has 2 atom stereocenters. The number of carbonyl (C=O) groups is 1. The Morgan fingerprint density at radius 2 is 2.19 bits per heavy atom. The van der Waals surface area contributed by atoms with Gasteiger partial charge in [0.05, 0.1) is 6.10 Å². The Balaban J connectivity index is 1.62. The first-order valence-corrected chi connectivity index (χ1v) is 7.80. The van der Waals surface area contributed by atoms with E-state index in [0.717, 1.165) is 17.1 Å². The third kappa shape index (κ3) is 3.29. The van der Waals surface area contributed by atoms with E-state index in [2.05, 4.69) is 15.6 Å². The molecular formula is C15H17N3O2S. The van der Waals surface area contributed by atoms with Crippen molar-refractivity contribution in [3.63, 3.8) is 0 Å². The van der Waals surface area contributed by atoms with Gasteiger partial charge in [0.15, 0.2) is 0 Å². The van der Waals surface area contributed by atoms with Crippen LogP contribution in [0.2, 0.25) is 0 Å². The molecule has 0 aliphatic carbocycles. The normalized spacial score (nSPS) is 21.4. The summed E-state index contributed by atoms with van der Waals surface area (Å²) in [6.07, 6.45) is -0.388. The number of carbonyl (C=O) groups excluding carboxylic acids is 1. The van der Waals surface area contributed by atoms with Gasteiger partial charge in [0, 0.05) is 36.5 Å². The minimum atomic E-state index is -0.388. The van der Waals surface area contributed by atoms with Gasteiger partial charge in [-0.1, -0.05) is 30.3 Å². The average Bonchev–Trinajstić information content (AvgIpc) is 3.15. The highest BCUT2D eigenvalue weighted by molar-refractivity contribution is 7.13. The van der Waals surface area contributed by atoms with Crippen LogP contribution in [0.5, 0.6) is 0 Å². The van der Waals surface area contributed by atoms with Crippen LogP contribution in [-0.2, 0) is 0 Å². The second-order valence-corrected chi connectivity index (χ2v) is 5.96. The van der Waals surface area contributed by atoms with E-state index in [1.165, 1.54) is 11.3 Å². The number of β-amino-alcohol motifs (C(OH)–C–C–N with tert-alkyl or cyclic N) is 1. The number of amides is 1. The second-order valence-electron chi connectivity index (χ2n) is 5.10. The van der Waals surface area contributed by atoms with E-state index in [1.54, 1.807) is 5.38 Å². The number of thiazole rings is 1. The molecule has 1 aromatic carbocycles. The number of aliphatic hydroxyl groups excluding tert-OH is 1. The number of hydrogen-bond acceptors (Lipinski definition) is 5. The lowest BCUT2D eigenvalue weighted by molar-refractivity contribution is 0.0923. The van der Waals surface area contributed by atoms with Gasteiger partial charge in [-0.15, -0.1) is 11.3 Å². The zero-order chi connectivity index (χ0) is 14.7. The molecule has 1 aliphatic rings. The highest BCUT2D eigenvalue weighted by Gasteiger charge is 2.25. The molecule has 1 fully saturated rings. The van der Waals surface area contributed by atoms with E-state index in [4.69, 9.17) is 0 Å². The molecule has 0 bridgehead atoms. The molecule has 110 valence electrons. The van der Waals surface area contributed by atoms with Gasteiger partial charge in [-0.25, -0.2) is 4.98 Å². The van der Waals surface area contributed by atoms with Crippen molar-refractivity contribution in [3.05, 3.63) is 41.4 Å². The van der Waals surface area contributed by atoms with Gasteiger partial charge in [0.2, 0.25) is 0 Å². The van der Waals surface area contributed by atoms with Gasteiger partial charge in [-0.2, -0.15) is 0 Å². The van der Waals surface area contributed by atoms with Gasteiger partial charge in [0.1, 0.15) is 10.7 Å². The fourth-order valence-electron chi connectivity index (χ4n) is 2.33. The summed E-state index contributed by atoms with van der Waals surface area (Å²) in [5.41, 5.74) is 1.44. The lowest BCUT2D eigenvalue weighted by Crippen LogP contribution is -2.34. The summed E-state index contributed by atoms with van der Waals surface area (Å²) in [6, 6.07) is 9.80. The molecular weight excluding hydrogens is 286 g/mol. The lowest BCUT2D eigenvalue weighted by Gasteiger charge is -2.13. The number of benzene rings is 1. The van der Waals surface area contributed by atoms with E-state index < -0.39 is 0 Å². The van der Waals surface area contributed by atoms with Crippen molar-refractivity contribution < 1.29 is 9.90 Å². The smallest absolute Gasteiger partial charge is 0.270 e. The first-order valence-electron chi connectivity index (χ1n) is 6.92. The van der Waals surface area contributed by atoms with E-state index in [9.17, 15) is 9.90 Å².